The van der Waals surface area contributed by atoms with Crippen LogP contribution in [0, 0.1) is 23.7 Å². The topological polar surface area (TPSA) is 75.7 Å². The molecule has 1 saturated heterocycles. The Morgan fingerprint density at radius 2 is 1.73 bits per heavy atom. The minimum Gasteiger partial charge on any atom is -0.495 e. The number of carbonyl (C=O) groups excluding carboxylic acids is 3. The lowest BCUT2D eigenvalue weighted by atomic mass is 9.63. The number of ether oxygens (including phenoxy) is 1. The van der Waals surface area contributed by atoms with Crippen molar-refractivity contribution in [3.63, 3.8) is 0 Å². The standard InChI is InChI=1S/C20H22N2O4/c1-26-15-5-3-2-4-14(15)21-16(23)10-11-22-19(24)17-12-6-7-13(9-8-12)18(17)20(22)25/h2-7,12-13,17-18H,8-11H2,1H3,(H,21,23)/t12-,13-,17+,18+/m0/s1. The number of amides is 3. The number of benzene rings is 1. The van der Waals surface area contributed by atoms with Crippen LogP contribution in [0.2, 0.25) is 0 Å². The summed E-state index contributed by atoms with van der Waals surface area (Å²) in [7, 11) is 1.54. The van der Waals surface area contributed by atoms with Gasteiger partial charge in [-0.2, -0.15) is 0 Å². The predicted octanol–water partition coefficient (Wildman–Crippen LogP) is 2.22. The number of nitrogens with zero attached hydrogens (tertiary/aromatic N) is 1. The second-order valence-electron chi connectivity index (χ2n) is 7.17. The largest absolute Gasteiger partial charge is 0.495 e. The molecule has 4 atom stereocenters. The molecule has 3 amide bonds. The molecular weight excluding hydrogens is 332 g/mol. The molecule has 1 aromatic carbocycles. The summed E-state index contributed by atoms with van der Waals surface area (Å²) in [6.45, 7) is 0.130. The number of carbonyl (C=O) groups is 3. The normalized spacial score (nSPS) is 29.0. The lowest BCUT2D eigenvalue weighted by Gasteiger charge is -2.38. The molecule has 0 aromatic heterocycles. The van der Waals surface area contributed by atoms with E-state index in [0.29, 0.717) is 11.4 Å². The van der Waals surface area contributed by atoms with E-state index in [9.17, 15) is 14.4 Å². The first-order valence-corrected chi connectivity index (χ1v) is 9.06. The smallest absolute Gasteiger partial charge is 0.233 e. The van der Waals surface area contributed by atoms with Gasteiger partial charge in [0.25, 0.3) is 0 Å². The molecule has 4 aliphatic rings. The number of para-hydroxylation sites is 2. The maximum absolute atomic E-state index is 12.7. The van der Waals surface area contributed by atoms with Crippen molar-refractivity contribution >= 4 is 23.4 Å². The second-order valence-corrected chi connectivity index (χ2v) is 7.17. The maximum atomic E-state index is 12.7. The highest BCUT2D eigenvalue weighted by Gasteiger charge is 2.56. The van der Waals surface area contributed by atoms with Gasteiger partial charge in [0, 0.05) is 13.0 Å². The van der Waals surface area contributed by atoms with Crippen molar-refractivity contribution in [2.75, 3.05) is 19.0 Å². The first kappa shape index (κ1) is 16.8. The van der Waals surface area contributed by atoms with Crippen molar-refractivity contribution in [2.45, 2.75) is 19.3 Å². The highest BCUT2D eigenvalue weighted by Crippen LogP contribution is 2.49. The van der Waals surface area contributed by atoms with Crippen LogP contribution in [0.5, 0.6) is 5.75 Å². The molecule has 1 N–H and O–H groups in total. The van der Waals surface area contributed by atoms with Gasteiger partial charge in [-0.15, -0.1) is 0 Å². The van der Waals surface area contributed by atoms with E-state index in [4.69, 9.17) is 4.74 Å². The van der Waals surface area contributed by atoms with Crippen LogP contribution in [-0.2, 0) is 14.4 Å². The average Bonchev–Trinajstić information content (AvgIpc) is 2.94. The third-order valence-electron chi connectivity index (χ3n) is 5.79. The average molecular weight is 354 g/mol. The number of nitrogens with one attached hydrogen (secondary N) is 1. The molecule has 6 heteroatoms. The number of likely N-dealkylation sites (tertiary alicyclic amines) is 1. The number of rotatable bonds is 5. The summed E-state index contributed by atoms with van der Waals surface area (Å²) in [4.78, 5) is 39.0. The van der Waals surface area contributed by atoms with Crippen molar-refractivity contribution in [3.05, 3.63) is 36.4 Å². The summed E-state index contributed by atoms with van der Waals surface area (Å²) in [5.41, 5.74) is 0.579. The van der Waals surface area contributed by atoms with E-state index in [2.05, 4.69) is 17.5 Å². The van der Waals surface area contributed by atoms with E-state index in [1.54, 1.807) is 18.2 Å². The fraction of sp³-hybridized carbons (Fsp3) is 0.450. The maximum Gasteiger partial charge on any atom is 0.233 e. The van der Waals surface area contributed by atoms with E-state index < -0.39 is 0 Å². The number of hydrogen-bond donors (Lipinski definition) is 1. The van der Waals surface area contributed by atoms with Crippen LogP contribution in [0.15, 0.2) is 36.4 Å². The molecule has 0 spiro atoms. The number of methoxy groups -OCH3 is 1. The van der Waals surface area contributed by atoms with Crippen LogP contribution in [0.1, 0.15) is 19.3 Å². The summed E-state index contributed by atoms with van der Waals surface area (Å²) in [6.07, 6.45) is 6.22. The monoisotopic (exact) mass is 354 g/mol. The van der Waals surface area contributed by atoms with E-state index in [-0.39, 0.29) is 54.4 Å². The first-order chi connectivity index (χ1) is 12.6. The van der Waals surface area contributed by atoms with E-state index in [1.807, 2.05) is 6.07 Å². The zero-order chi connectivity index (χ0) is 18.3. The van der Waals surface area contributed by atoms with Crippen molar-refractivity contribution in [3.8, 4) is 5.75 Å². The minimum atomic E-state index is -0.244. The Labute approximate surface area is 152 Å². The van der Waals surface area contributed by atoms with Gasteiger partial charge in [0.1, 0.15) is 5.75 Å². The van der Waals surface area contributed by atoms with Crippen LogP contribution in [0.3, 0.4) is 0 Å². The summed E-state index contributed by atoms with van der Waals surface area (Å²) in [5, 5.41) is 2.78. The Morgan fingerprint density at radius 3 is 2.31 bits per heavy atom. The Kier molecular flexibility index (Phi) is 4.26. The fourth-order valence-corrected chi connectivity index (χ4v) is 4.53. The quantitative estimate of drug-likeness (QED) is 0.650. The molecule has 2 bridgehead atoms. The lowest BCUT2D eigenvalue weighted by molar-refractivity contribution is -0.140. The Balaban J connectivity index is 1.40. The summed E-state index contributed by atoms with van der Waals surface area (Å²) >= 11 is 0. The second kappa shape index (κ2) is 6.59. The zero-order valence-corrected chi connectivity index (χ0v) is 14.7. The number of anilines is 1. The molecule has 3 aliphatic carbocycles. The SMILES string of the molecule is COc1ccccc1NC(=O)CCN1C(=O)[C@H]2[C@H](C1=O)[C@H]1C=C[C@H]2CC1. The molecule has 0 radical (unpaired) electrons. The molecule has 1 saturated carbocycles. The Bertz CT molecular complexity index is 756. The number of fused-ring (bicyclic) bond motifs is 1. The van der Waals surface area contributed by atoms with Crippen LogP contribution in [0.25, 0.3) is 0 Å². The van der Waals surface area contributed by atoms with Crippen molar-refractivity contribution in [1.82, 2.24) is 4.90 Å². The van der Waals surface area contributed by atoms with E-state index in [1.165, 1.54) is 12.0 Å². The van der Waals surface area contributed by atoms with Crippen LogP contribution in [0.4, 0.5) is 5.69 Å². The highest BCUT2D eigenvalue weighted by atomic mass is 16.5. The lowest BCUT2D eigenvalue weighted by Crippen LogP contribution is -2.38. The van der Waals surface area contributed by atoms with E-state index >= 15 is 0 Å². The summed E-state index contributed by atoms with van der Waals surface area (Å²) < 4.78 is 5.21. The van der Waals surface area contributed by atoms with E-state index in [0.717, 1.165) is 12.8 Å². The first-order valence-electron chi connectivity index (χ1n) is 9.06. The van der Waals surface area contributed by atoms with Gasteiger partial charge in [-0.1, -0.05) is 24.3 Å². The molecule has 26 heavy (non-hydrogen) atoms. The number of imide groups is 1. The molecule has 1 heterocycles. The molecule has 5 rings (SSSR count). The molecule has 0 unspecified atom stereocenters. The van der Waals surface area contributed by atoms with Crippen molar-refractivity contribution < 1.29 is 19.1 Å². The Morgan fingerprint density at radius 1 is 1.12 bits per heavy atom. The molecular formula is C20H22N2O4. The van der Waals surface area contributed by atoms with Gasteiger partial charge < -0.3 is 10.1 Å². The van der Waals surface area contributed by atoms with Crippen molar-refractivity contribution in [2.24, 2.45) is 23.7 Å². The fourth-order valence-electron chi connectivity index (χ4n) is 4.53. The van der Waals surface area contributed by atoms with Crippen LogP contribution < -0.4 is 10.1 Å². The Hall–Kier alpha value is -2.63. The summed E-state index contributed by atoms with van der Waals surface area (Å²) in [5.74, 6) is 0.0250. The molecule has 136 valence electrons. The van der Waals surface area contributed by atoms with Gasteiger partial charge in [-0.05, 0) is 36.8 Å². The zero-order valence-electron chi connectivity index (χ0n) is 14.7. The number of allylic oxidation sites excluding steroid dienone is 2. The minimum absolute atomic E-state index is 0.0811. The molecule has 6 nitrogen and oxygen atoms in total. The van der Waals surface area contributed by atoms with Crippen molar-refractivity contribution in [1.29, 1.82) is 0 Å². The van der Waals surface area contributed by atoms with Gasteiger partial charge in [0.15, 0.2) is 0 Å². The predicted molar refractivity (Wildman–Crippen MR) is 95.3 cm³/mol. The third kappa shape index (κ3) is 2.69. The molecule has 2 fully saturated rings. The third-order valence-corrected chi connectivity index (χ3v) is 5.79. The van der Waals surface area contributed by atoms with Gasteiger partial charge in [-0.25, -0.2) is 0 Å². The highest BCUT2D eigenvalue weighted by molar-refractivity contribution is 6.06. The van der Waals surface area contributed by atoms with Crippen LogP contribution in [-0.4, -0.2) is 36.3 Å². The summed E-state index contributed by atoms with van der Waals surface area (Å²) in [6, 6.07) is 7.14. The number of hydrogen-bond acceptors (Lipinski definition) is 4. The molecule has 1 aromatic rings. The van der Waals surface area contributed by atoms with Gasteiger partial charge in [-0.3, -0.25) is 19.3 Å². The molecule has 1 aliphatic heterocycles. The van der Waals surface area contributed by atoms with Gasteiger partial charge >= 0.3 is 0 Å². The van der Waals surface area contributed by atoms with Gasteiger partial charge in [0.05, 0.1) is 24.6 Å². The van der Waals surface area contributed by atoms with Crippen LogP contribution >= 0.6 is 0 Å². The van der Waals surface area contributed by atoms with Gasteiger partial charge in [0.2, 0.25) is 17.7 Å².